The number of nitrogens with one attached hydrogen (secondary N) is 1. The van der Waals surface area contributed by atoms with Crippen molar-refractivity contribution in [2.24, 2.45) is 0 Å². The number of aromatic hydroxyl groups is 1. The van der Waals surface area contributed by atoms with Crippen LogP contribution in [0.25, 0.3) is 0 Å². The van der Waals surface area contributed by atoms with Crippen LogP contribution in [0.3, 0.4) is 0 Å². The van der Waals surface area contributed by atoms with E-state index in [1.54, 1.807) is 6.20 Å². The van der Waals surface area contributed by atoms with Crippen LogP contribution in [0.15, 0.2) is 24.5 Å². The Hall–Kier alpha value is -1.77. The number of H-pyrrole nitrogens is 1. The molecule has 0 aliphatic rings. The maximum atomic E-state index is 10.7. The molecule has 0 fully saturated rings. The van der Waals surface area contributed by atoms with Crippen molar-refractivity contribution in [2.45, 2.75) is 58.8 Å². The van der Waals surface area contributed by atoms with Gasteiger partial charge in [0.25, 0.3) is 0 Å². The van der Waals surface area contributed by atoms with Gasteiger partial charge in [0.15, 0.2) is 0 Å². The zero-order valence-corrected chi connectivity index (χ0v) is 13.9. The van der Waals surface area contributed by atoms with Crippen LogP contribution in [0.2, 0.25) is 0 Å². The minimum atomic E-state index is -0.0940. The van der Waals surface area contributed by atoms with Crippen LogP contribution in [0.1, 0.15) is 64.1 Å². The van der Waals surface area contributed by atoms with Crippen molar-refractivity contribution in [3.8, 4) is 5.75 Å². The number of aromatic nitrogens is 2. The summed E-state index contributed by atoms with van der Waals surface area (Å²) >= 11 is 0. The SMILES string of the molecule is CC(C)(C)c1cc(Cc2ncc[nH]2)c(O)c(C(C)(C)C)c1. The van der Waals surface area contributed by atoms with Gasteiger partial charge in [-0.15, -0.1) is 0 Å². The number of phenols is 1. The van der Waals surface area contributed by atoms with Crippen LogP contribution < -0.4 is 0 Å². The highest BCUT2D eigenvalue weighted by molar-refractivity contribution is 5.49. The number of imidazole rings is 1. The van der Waals surface area contributed by atoms with Crippen molar-refractivity contribution in [3.05, 3.63) is 47.0 Å². The molecule has 3 heteroatoms. The average molecular weight is 286 g/mol. The molecule has 0 spiro atoms. The minimum Gasteiger partial charge on any atom is -0.507 e. The lowest BCUT2D eigenvalue weighted by Gasteiger charge is -2.27. The summed E-state index contributed by atoms with van der Waals surface area (Å²) in [6, 6.07) is 4.24. The van der Waals surface area contributed by atoms with Gasteiger partial charge in [-0.05, 0) is 22.0 Å². The predicted octanol–water partition coefficient (Wildman–Crippen LogP) is 4.30. The highest BCUT2D eigenvalue weighted by Crippen LogP contribution is 2.38. The fraction of sp³-hybridized carbons (Fsp3) is 0.500. The van der Waals surface area contributed by atoms with Gasteiger partial charge >= 0.3 is 0 Å². The van der Waals surface area contributed by atoms with Gasteiger partial charge in [0.1, 0.15) is 11.6 Å². The molecular weight excluding hydrogens is 260 g/mol. The van der Waals surface area contributed by atoms with Gasteiger partial charge in [-0.25, -0.2) is 4.98 Å². The summed E-state index contributed by atoms with van der Waals surface area (Å²) in [5.74, 6) is 1.27. The number of hydrogen-bond acceptors (Lipinski definition) is 2. The van der Waals surface area contributed by atoms with Crippen molar-refractivity contribution in [3.63, 3.8) is 0 Å². The molecule has 1 heterocycles. The Morgan fingerprint density at radius 1 is 1.05 bits per heavy atom. The van der Waals surface area contributed by atoms with Crippen LogP contribution in [-0.4, -0.2) is 15.1 Å². The molecule has 0 saturated heterocycles. The average Bonchev–Trinajstić information content (AvgIpc) is 2.81. The minimum absolute atomic E-state index is 0.0472. The summed E-state index contributed by atoms with van der Waals surface area (Å²) in [7, 11) is 0. The molecule has 2 N–H and O–H groups in total. The molecule has 0 unspecified atom stereocenters. The van der Waals surface area contributed by atoms with Crippen molar-refractivity contribution < 1.29 is 5.11 Å². The van der Waals surface area contributed by atoms with Gasteiger partial charge < -0.3 is 10.1 Å². The number of phenolic OH excluding ortho intramolecular Hbond substituents is 1. The zero-order valence-electron chi connectivity index (χ0n) is 13.9. The van der Waals surface area contributed by atoms with E-state index in [-0.39, 0.29) is 10.8 Å². The van der Waals surface area contributed by atoms with Gasteiger partial charge in [0.05, 0.1) is 0 Å². The molecule has 1 aromatic carbocycles. The Morgan fingerprint density at radius 2 is 1.71 bits per heavy atom. The highest BCUT2D eigenvalue weighted by atomic mass is 16.3. The van der Waals surface area contributed by atoms with Gasteiger partial charge in [0, 0.05) is 24.4 Å². The van der Waals surface area contributed by atoms with Crippen molar-refractivity contribution in [1.82, 2.24) is 9.97 Å². The van der Waals surface area contributed by atoms with E-state index < -0.39 is 0 Å². The van der Waals surface area contributed by atoms with Crippen molar-refractivity contribution in [2.75, 3.05) is 0 Å². The first kappa shape index (κ1) is 15.6. The predicted molar refractivity (Wildman–Crippen MR) is 86.9 cm³/mol. The molecule has 0 aliphatic heterocycles. The summed E-state index contributed by atoms with van der Waals surface area (Å²) < 4.78 is 0. The maximum Gasteiger partial charge on any atom is 0.122 e. The fourth-order valence-corrected chi connectivity index (χ4v) is 2.41. The van der Waals surface area contributed by atoms with E-state index >= 15 is 0 Å². The van der Waals surface area contributed by atoms with Gasteiger partial charge in [-0.3, -0.25) is 0 Å². The van der Waals surface area contributed by atoms with Crippen LogP contribution in [0, 0.1) is 0 Å². The van der Waals surface area contributed by atoms with E-state index in [0.717, 1.165) is 17.0 Å². The quantitative estimate of drug-likeness (QED) is 0.864. The second-order valence-corrected chi connectivity index (χ2v) is 7.74. The third-order valence-electron chi connectivity index (χ3n) is 3.78. The molecule has 0 radical (unpaired) electrons. The molecular formula is C18H26N2O. The van der Waals surface area contributed by atoms with Gasteiger partial charge in [-0.2, -0.15) is 0 Å². The Labute approximate surface area is 127 Å². The summed E-state index contributed by atoms with van der Waals surface area (Å²) in [6.45, 7) is 13.0. The van der Waals surface area contributed by atoms with Crippen LogP contribution in [0.4, 0.5) is 0 Å². The Balaban J connectivity index is 2.57. The molecule has 0 aliphatic carbocycles. The van der Waals surface area contributed by atoms with E-state index in [1.807, 2.05) is 6.20 Å². The van der Waals surface area contributed by atoms with Crippen LogP contribution in [0.5, 0.6) is 5.75 Å². The standard InChI is InChI=1S/C18H26N2O/c1-17(2,3)13-9-12(10-15-19-7-8-20-15)16(21)14(11-13)18(4,5)6/h7-9,11,21H,10H2,1-6H3,(H,19,20). The summed E-state index contributed by atoms with van der Waals surface area (Å²) in [5.41, 5.74) is 3.13. The second-order valence-electron chi connectivity index (χ2n) is 7.74. The first-order valence-electron chi connectivity index (χ1n) is 7.44. The molecule has 0 atom stereocenters. The molecule has 3 nitrogen and oxygen atoms in total. The molecule has 114 valence electrons. The van der Waals surface area contributed by atoms with E-state index in [0.29, 0.717) is 12.2 Å². The molecule has 0 saturated carbocycles. The smallest absolute Gasteiger partial charge is 0.122 e. The summed E-state index contributed by atoms with van der Waals surface area (Å²) in [5, 5.41) is 10.7. The Morgan fingerprint density at radius 3 is 2.19 bits per heavy atom. The lowest BCUT2D eigenvalue weighted by Crippen LogP contribution is -2.17. The van der Waals surface area contributed by atoms with E-state index in [4.69, 9.17) is 0 Å². The molecule has 2 rings (SSSR count). The molecule has 0 amide bonds. The van der Waals surface area contributed by atoms with Gasteiger partial charge in [0.2, 0.25) is 0 Å². The van der Waals surface area contributed by atoms with E-state index in [9.17, 15) is 5.11 Å². The van der Waals surface area contributed by atoms with Crippen molar-refractivity contribution >= 4 is 0 Å². The normalized spacial score (nSPS) is 12.7. The maximum absolute atomic E-state index is 10.7. The molecule has 1 aromatic heterocycles. The largest absolute Gasteiger partial charge is 0.507 e. The lowest BCUT2D eigenvalue weighted by molar-refractivity contribution is 0.439. The first-order valence-corrected chi connectivity index (χ1v) is 7.44. The van der Waals surface area contributed by atoms with Crippen LogP contribution >= 0.6 is 0 Å². The number of hydrogen-bond donors (Lipinski definition) is 2. The third-order valence-corrected chi connectivity index (χ3v) is 3.78. The molecule has 2 aromatic rings. The number of nitrogens with zero attached hydrogens (tertiary/aromatic N) is 1. The Bertz CT molecular complexity index is 614. The lowest BCUT2D eigenvalue weighted by atomic mass is 9.78. The third kappa shape index (κ3) is 3.46. The monoisotopic (exact) mass is 286 g/mol. The first-order chi connectivity index (χ1) is 9.59. The number of aromatic amines is 1. The van der Waals surface area contributed by atoms with Crippen LogP contribution in [-0.2, 0) is 17.3 Å². The fourth-order valence-electron chi connectivity index (χ4n) is 2.41. The second kappa shape index (κ2) is 5.21. The van der Waals surface area contributed by atoms with Gasteiger partial charge in [-0.1, -0.05) is 53.7 Å². The van der Waals surface area contributed by atoms with Crippen molar-refractivity contribution in [1.29, 1.82) is 0 Å². The molecule has 21 heavy (non-hydrogen) atoms. The topological polar surface area (TPSA) is 48.9 Å². The Kier molecular flexibility index (Phi) is 3.87. The number of benzene rings is 1. The van der Waals surface area contributed by atoms with E-state index in [2.05, 4.69) is 63.6 Å². The summed E-state index contributed by atoms with van der Waals surface area (Å²) in [4.78, 5) is 7.38. The molecule has 0 bridgehead atoms. The zero-order chi connectivity index (χ0) is 15.8. The number of rotatable bonds is 2. The van der Waals surface area contributed by atoms with E-state index in [1.165, 1.54) is 5.56 Å². The summed E-state index contributed by atoms with van der Waals surface area (Å²) in [6.07, 6.45) is 4.17. The highest BCUT2D eigenvalue weighted by Gasteiger charge is 2.25.